The van der Waals surface area contributed by atoms with Crippen molar-refractivity contribution in [1.29, 1.82) is 0 Å². The topological polar surface area (TPSA) is 90.4 Å². The molecule has 0 bridgehead atoms. The number of primary amides is 1. The van der Waals surface area contributed by atoms with Gasteiger partial charge in [0.25, 0.3) is 0 Å². The Labute approximate surface area is 114 Å². The highest BCUT2D eigenvalue weighted by molar-refractivity contribution is 5.80. The Morgan fingerprint density at radius 3 is 2.53 bits per heavy atom. The van der Waals surface area contributed by atoms with Crippen LogP contribution in [0.4, 0.5) is 11.4 Å². The molecule has 0 aliphatic rings. The zero-order valence-electron chi connectivity index (χ0n) is 12.0. The Kier molecular flexibility index (Phi) is 4.64. The molecular formula is C14H23N3O2. The third-order valence-corrected chi connectivity index (χ3v) is 2.70. The van der Waals surface area contributed by atoms with E-state index in [0.29, 0.717) is 18.0 Å². The molecular weight excluding hydrogens is 242 g/mol. The predicted octanol–water partition coefficient (Wildman–Crippen LogP) is 1.98. The van der Waals surface area contributed by atoms with E-state index in [1.54, 1.807) is 26.0 Å². The molecule has 1 aromatic carbocycles. The molecule has 0 aliphatic carbocycles. The number of carbonyl (C=O) groups is 1. The molecule has 0 saturated carbocycles. The van der Waals surface area contributed by atoms with E-state index in [2.05, 4.69) is 5.32 Å². The normalized spacial score (nSPS) is 11.4. The van der Waals surface area contributed by atoms with Gasteiger partial charge in [-0.2, -0.15) is 0 Å². The number of hydrogen-bond donors (Lipinski definition) is 3. The SMILES string of the molecule is CC(C)Oc1cc(N)cc(NCC(C)(C)C(N)=O)c1. The first-order valence-electron chi connectivity index (χ1n) is 6.32. The van der Waals surface area contributed by atoms with E-state index in [0.717, 1.165) is 5.69 Å². The van der Waals surface area contributed by atoms with Crippen LogP contribution in [0.3, 0.4) is 0 Å². The third-order valence-electron chi connectivity index (χ3n) is 2.70. The molecule has 5 N–H and O–H groups in total. The van der Waals surface area contributed by atoms with Gasteiger partial charge in [-0.25, -0.2) is 0 Å². The third kappa shape index (κ3) is 4.69. The lowest BCUT2D eigenvalue weighted by molar-refractivity contribution is -0.125. The van der Waals surface area contributed by atoms with Crippen LogP contribution in [-0.2, 0) is 4.79 Å². The van der Waals surface area contributed by atoms with Gasteiger partial charge in [0.1, 0.15) is 5.75 Å². The minimum absolute atomic E-state index is 0.0803. The molecule has 5 nitrogen and oxygen atoms in total. The van der Waals surface area contributed by atoms with Crippen LogP contribution in [0.5, 0.6) is 5.75 Å². The van der Waals surface area contributed by atoms with Crippen LogP contribution in [0.25, 0.3) is 0 Å². The molecule has 106 valence electrons. The van der Waals surface area contributed by atoms with Gasteiger partial charge < -0.3 is 21.5 Å². The number of amides is 1. The first-order chi connectivity index (χ1) is 8.70. The predicted molar refractivity (Wildman–Crippen MR) is 78.1 cm³/mol. The van der Waals surface area contributed by atoms with E-state index in [-0.39, 0.29) is 12.0 Å². The number of anilines is 2. The summed E-state index contributed by atoms with van der Waals surface area (Å²) in [6.07, 6.45) is 0.0803. The standard InChI is InChI=1S/C14H23N3O2/c1-9(2)19-12-6-10(15)5-11(7-12)17-8-14(3,4)13(16)18/h5-7,9,17H,8,15H2,1-4H3,(H2,16,18). The quantitative estimate of drug-likeness (QED) is 0.686. The number of ether oxygens (including phenoxy) is 1. The maximum atomic E-state index is 11.3. The second kappa shape index (κ2) is 5.82. The van der Waals surface area contributed by atoms with Gasteiger partial charge in [-0.15, -0.1) is 0 Å². The van der Waals surface area contributed by atoms with E-state index in [1.165, 1.54) is 0 Å². The van der Waals surface area contributed by atoms with Crippen molar-refractivity contribution in [2.45, 2.75) is 33.8 Å². The number of carbonyl (C=O) groups excluding carboxylic acids is 1. The Morgan fingerprint density at radius 1 is 1.37 bits per heavy atom. The van der Waals surface area contributed by atoms with Gasteiger partial charge in [0.05, 0.1) is 11.5 Å². The molecule has 0 unspecified atom stereocenters. The molecule has 0 aromatic heterocycles. The number of benzene rings is 1. The van der Waals surface area contributed by atoms with Crippen LogP contribution < -0.4 is 21.5 Å². The number of nitrogens with one attached hydrogen (secondary N) is 1. The summed E-state index contributed by atoms with van der Waals surface area (Å²) in [4.78, 5) is 11.3. The first-order valence-corrected chi connectivity index (χ1v) is 6.32. The minimum atomic E-state index is -0.621. The molecule has 0 fully saturated rings. The van der Waals surface area contributed by atoms with E-state index in [4.69, 9.17) is 16.2 Å². The number of nitrogen functional groups attached to an aromatic ring is 1. The molecule has 0 heterocycles. The molecule has 0 spiro atoms. The van der Waals surface area contributed by atoms with Crippen molar-refractivity contribution >= 4 is 17.3 Å². The average molecular weight is 265 g/mol. The Morgan fingerprint density at radius 2 is 2.00 bits per heavy atom. The van der Waals surface area contributed by atoms with Crippen LogP contribution in [0, 0.1) is 5.41 Å². The summed E-state index contributed by atoms with van der Waals surface area (Å²) < 4.78 is 5.60. The maximum Gasteiger partial charge on any atom is 0.224 e. The summed E-state index contributed by atoms with van der Waals surface area (Å²) >= 11 is 0. The van der Waals surface area contributed by atoms with Gasteiger partial charge >= 0.3 is 0 Å². The highest BCUT2D eigenvalue weighted by atomic mass is 16.5. The van der Waals surface area contributed by atoms with Crippen LogP contribution in [0.15, 0.2) is 18.2 Å². The lowest BCUT2D eigenvalue weighted by Gasteiger charge is -2.22. The van der Waals surface area contributed by atoms with Crippen molar-refractivity contribution in [3.8, 4) is 5.75 Å². The maximum absolute atomic E-state index is 11.3. The fourth-order valence-electron chi connectivity index (χ4n) is 1.47. The zero-order valence-corrected chi connectivity index (χ0v) is 12.0. The van der Waals surface area contributed by atoms with E-state index in [9.17, 15) is 4.79 Å². The fraction of sp³-hybridized carbons (Fsp3) is 0.500. The van der Waals surface area contributed by atoms with Crippen LogP contribution in [0.2, 0.25) is 0 Å². The van der Waals surface area contributed by atoms with Crippen LogP contribution >= 0.6 is 0 Å². The Balaban J connectivity index is 2.79. The summed E-state index contributed by atoms with van der Waals surface area (Å²) in [5.41, 5.74) is 12.0. The van der Waals surface area contributed by atoms with Gasteiger partial charge in [0, 0.05) is 30.1 Å². The van der Waals surface area contributed by atoms with Crippen molar-refractivity contribution in [1.82, 2.24) is 0 Å². The molecule has 1 rings (SSSR count). The smallest absolute Gasteiger partial charge is 0.224 e. The molecule has 5 heteroatoms. The number of rotatable bonds is 6. The van der Waals surface area contributed by atoms with E-state index < -0.39 is 5.41 Å². The van der Waals surface area contributed by atoms with Crippen molar-refractivity contribution in [3.63, 3.8) is 0 Å². The molecule has 0 aliphatic heterocycles. The summed E-state index contributed by atoms with van der Waals surface area (Å²) in [5, 5.41) is 3.16. The highest BCUT2D eigenvalue weighted by Crippen LogP contribution is 2.25. The van der Waals surface area contributed by atoms with Gasteiger partial charge in [0.15, 0.2) is 0 Å². The summed E-state index contributed by atoms with van der Waals surface area (Å²) in [6, 6.07) is 5.42. The number of hydrogen-bond acceptors (Lipinski definition) is 4. The monoisotopic (exact) mass is 265 g/mol. The fourth-order valence-corrected chi connectivity index (χ4v) is 1.47. The summed E-state index contributed by atoms with van der Waals surface area (Å²) in [5.74, 6) is 0.358. The minimum Gasteiger partial charge on any atom is -0.491 e. The zero-order chi connectivity index (χ0) is 14.6. The summed E-state index contributed by atoms with van der Waals surface area (Å²) in [6.45, 7) is 7.92. The molecule has 0 atom stereocenters. The molecule has 1 amide bonds. The average Bonchev–Trinajstić information content (AvgIpc) is 2.24. The lowest BCUT2D eigenvalue weighted by atomic mass is 9.92. The van der Waals surface area contributed by atoms with Gasteiger partial charge in [-0.3, -0.25) is 4.79 Å². The Hall–Kier alpha value is -1.91. The van der Waals surface area contributed by atoms with Crippen LogP contribution in [-0.4, -0.2) is 18.6 Å². The molecule has 0 saturated heterocycles. The van der Waals surface area contributed by atoms with Crippen molar-refractivity contribution < 1.29 is 9.53 Å². The Bertz CT molecular complexity index is 456. The molecule has 1 aromatic rings. The van der Waals surface area contributed by atoms with Crippen LogP contribution in [0.1, 0.15) is 27.7 Å². The van der Waals surface area contributed by atoms with Gasteiger partial charge in [0.2, 0.25) is 5.91 Å². The van der Waals surface area contributed by atoms with Gasteiger partial charge in [-0.1, -0.05) is 0 Å². The second-order valence-electron chi connectivity index (χ2n) is 5.56. The highest BCUT2D eigenvalue weighted by Gasteiger charge is 2.24. The molecule has 19 heavy (non-hydrogen) atoms. The van der Waals surface area contributed by atoms with Gasteiger partial charge in [-0.05, 0) is 33.8 Å². The van der Waals surface area contributed by atoms with Crippen molar-refractivity contribution in [2.24, 2.45) is 11.1 Å². The second-order valence-corrected chi connectivity index (χ2v) is 5.56. The lowest BCUT2D eigenvalue weighted by Crippen LogP contribution is -2.37. The van der Waals surface area contributed by atoms with Crippen molar-refractivity contribution in [2.75, 3.05) is 17.6 Å². The first kappa shape index (κ1) is 15.1. The largest absolute Gasteiger partial charge is 0.491 e. The summed E-state index contributed by atoms with van der Waals surface area (Å²) in [7, 11) is 0. The van der Waals surface area contributed by atoms with E-state index in [1.807, 2.05) is 19.9 Å². The number of nitrogens with two attached hydrogens (primary N) is 2. The molecule has 0 radical (unpaired) electrons. The van der Waals surface area contributed by atoms with Crippen molar-refractivity contribution in [3.05, 3.63) is 18.2 Å². The van der Waals surface area contributed by atoms with E-state index >= 15 is 0 Å².